The normalized spacial score (nSPS) is 12.9. The van der Waals surface area contributed by atoms with E-state index in [1.807, 2.05) is 0 Å². The van der Waals surface area contributed by atoms with Gasteiger partial charge in [-0.05, 0) is 30.0 Å². The molecule has 6 heteroatoms. The summed E-state index contributed by atoms with van der Waals surface area (Å²) in [5.41, 5.74) is -0.668. The van der Waals surface area contributed by atoms with Crippen molar-refractivity contribution >= 4 is 11.9 Å². The van der Waals surface area contributed by atoms with Gasteiger partial charge in [-0.1, -0.05) is 49.4 Å². The van der Waals surface area contributed by atoms with E-state index >= 15 is 0 Å². The summed E-state index contributed by atoms with van der Waals surface area (Å²) in [6, 6.07) is 13.3. The maximum Gasteiger partial charge on any atom is 0.334 e. The van der Waals surface area contributed by atoms with Crippen molar-refractivity contribution in [2.75, 3.05) is 7.11 Å². The van der Waals surface area contributed by atoms with E-state index in [9.17, 15) is 19.1 Å². The number of carbonyl (C=O) groups excluding carboxylic acids is 1. The number of methoxy groups -OCH3 is 1. The molecule has 0 aromatic heterocycles. The monoisotopic (exact) mass is 359 g/mol. The summed E-state index contributed by atoms with van der Waals surface area (Å²) >= 11 is 0. The molecule has 2 aromatic rings. The predicted octanol–water partition coefficient (Wildman–Crippen LogP) is 3.27. The van der Waals surface area contributed by atoms with Crippen LogP contribution in [0.25, 0.3) is 0 Å². The molecular weight excluding hydrogens is 337 g/mol. The second-order valence-electron chi connectivity index (χ2n) is 5.91. The number of rotatable bonds is 8. The fraction of sp³-hybridized carbons (Fsp3) is 0.300. The molecule has 0 aliphatic heterocycles. The van der Waals surface area contributed by atoms with Crippen LogP contribution in [-0.2, 0) is 21.5 Å². The summed E-state index contributed by atoms with van der Waals surface area (Å²) in [4.78, 5) is 24.3. The highest BCUT2D eigenvalue weighted by Gasteiger charge is 2.40. The molecule has 26 heavy (non-hydrogen) atoms. The Morgan fingerprint density at radius 2 is 1.85 bits per heavy atom. The maximum atomic E-state index is 14.2. The molecule has 0 aliphatic carbocycles. The van der Waals surface area contributed by atoms with Crippen LogP contribution < -0.4 is 10.1 Å². The van der Waals surface area contributed by atoms with Crippen LogP contribution in [0.4, 0.5) is 4.39 Å². The van der Waals surface area contributed by atoms with Gasteiger partial charge in [0.1, 0.15) is 0 Å². The van der Waals surface area contributed by atoms with E-state index in [0.29, 0.717) is 11.1 Å². The number of carboxylic acids is 1. The average Bonchev–Trinajstić information content (AvgIpc) is 2.65. The van der Waals surface area contributed by atoms with Crippen LogP contribution in [-0.4, -0.2) is 24.1 Å². The zero-order valence-electron chi connectivity index (χ0n) is 14.8. The summed E-state index contributed by atoms with van der Waals surface area (Å²) in [6.07, 6.45) is 0.292. The lowest BCUT2D eigenvalue weighted by Crippen LogP contribution is -2.51. The summed E-state index contributed by atoms with van der Waals surface area (Å²) in [7, 11) is 1.37. The highest BCUT2D eigenvalue weighted by molar-refractivity contribution is 5.88. The standard InChI is InChI=1S/C20H22FNO4/c1-3-20(19(24)25,15-9-5-4-6-10-15)22-17(23)13-12-14-8-7-11-16(26-2)18(14)21/h4-11H,3,12-13H2,1-2H3,(H,22,23)(H,24,25). The molecule has 2 rings (SSSR count). The minimum atomic E-state index is -1.51. The van der Waals surface area contributed by atoms with Gasteiger partial charge in [-0.15, -0.1) is 0 Å². The lowest BCUT2D eigenvalue weighted by molar-refractivity contribution is -0.148. The van der Waals surface area contributed by atoms with Crippen LogP contribution in [0.15, 0.2) is 48.5 Å². The number of ether oxygens (including phenoxy) is 1. The van der Waals surface area contributed by atoms with Crippen LogP contribution in [0.5, 0.6) is 5.75 Å². The van der Waals surface area contributed by atoms with E-state index in [1.165, 1.54) is 13.2 Å². The molecule has 0 fully saturated rings. The quantitative estimate of drug-likeness (QED) is 0.758. The Bertz CT molecular complexity index is 779. The molecule has 0 heterocycles. The number of benzene rings is 2. The second kappa shape index (κ2) is 8.47. The SMILES string of the molecule is CCC(NC(=O)CCc1cccc(OC)c1F)(C(=O)O)c1ccccc1. The van der Waals surface area contributed by atoms with Crippen molar-refractivity contribution in [3.05, 3.63) is 65.5 Å². The van der Waals surface area contributed by atoms with Gasteiger partial charge in [-0.3, -0.25) is 4.79 Å². The fourth-order valence-electron chi connectivity index (χ4n) is 2.87. The molecule has 0 radical (unpaired) electrons. The number of hydrogen-bond donors (Lipinski definition) is 2. The van der Waals surface area contributed by atoms with Crippen LogP contribution >= 0.6 is 0 Å². The number of aliphatic carboxylic acids is 1. The van der Waals surface area contributed by atoms with Crippen molar-refractivity contribution < 1.29 is 23.8 Å². The Labute approximate surface area is 151 Å². The molecule has 138 valence electrons. The number of halogens is 1. The first-order chi connectivity index (χ1) is 12.4. The minimum absolute atomic E-state index is 0.0358. The van der Waals surface area contributed by atoms with Gasteiger partial charge in [0.15, 0.2) is 17.1 Å². The van der Waals surface area contributed by atoms with Gasteiger partial charge in [0, 0.05) is 6.42 Å². The van der Waals surface area contributed by atoms with Crippen molar-refractivity contribution in [1.29, 1.82) is 0 Å². The molecule has 1 amide bonds. The Kier molecular flexibility index (Phi) is 6.33. The van der Waals surface area contributed by atoms with Gasteiger partial charge in [-0.2, -0.15) is 0 Å². The highest BCUT2D eigenvalue weighted by atomic mass is 19.1. The largest absolute Gasteiger partial charge is 0.494 e. The Morgan fingerprint density at radius 1 is 1.15 bits per heavy atom. The first-order valence-electron chi connectivity index (χ1n) is 8.36. The number of nitrogens with one attached hydrogen (secondary N) is 1. The Morgan fingerprint density at radius 3 is 2.42 bits per heavy atom. The minimum Gasteiger partial charge on any atom is -0.494 e. The fourth-order valence-corrected chi connectivity index (χ4v) is 2.87. The molecule has 1 unspecified atom stereocenters. The van der Waals surface area contributed by atoms with Gasteiger partial charge in [0.2, 0.25) is 5.91 Å². The summed E-state index contributed by atoms with van der Waals surface area (Å²) in [6.45, 7) is 1.70. The number of amides is 1. The zero-order chi connectivity index (χ0) is 19.2. The summed E-state index contributed by atoms with van der Waals surface area (Å²) < 4.78 is 19.1. The third-order valence-corrected chi connectivity index (χ3v) is 4.40. The van der Waals surface area contributed by atoms with E-state index in [2.05, 4.69) is 5.32 Å². The molecule has 0 saturated heterocycles. The molecule has 0 bridgehead atoms. The number of carbonyl (C=O) groups is 2. The first-order valence-corrected chi connectivity index (χ1v) is 8.36. The molecule has 1 atom stereocenters. The van der Waals surface area contributed by atoms with E-state index in [-0.39, 0.29) is 25.0 Å². The van der Waals surface area contributed by atoms with E-state index < -0.39 is 23.2 Å². The van der Waals surface area contributed by atoms with Crippen LogP contribution in [0, 0.1) is 5.82 Å². The predicted molar refractivity (Wildman–Crippen MR) is 95.5 cm³/mol. The average molecular weight is 359 g/mol. The maximum absolute atomic E-state index is 14.2. The van der Waals surface area contributed by atoms with Crippen LogP contribution in [0.2, 0.25) is 0 Å². The third kappa shape index (κ3) is 4.02. The molecule has 2 aromatic carbocycles. The molecule has 0 aliphatic rings. The second-order valence-corrected chi connectivity index (χ2v) is 5.91. The van der Waals surface area contributed by atoms with E-state index in [0.717, 1.165) is 0 Å². The van der Waals surface area contributed by atoms with Crippen molar-refractivity contribution in [3.8, 4) is 5.75 Å². The van der Waals surface area contributed by atoms with Gasteiger partial charge < -0.3 is 15.2 Å². The Hall–Kier alpha value is -2.89. The molecule has 0 saturated carbocycles. The molecular formula is C20H22FNO4. The molecule has 5 nitrogen and oxygen atoms in total. The number of hydrogen-bond acceptors (Lipinski definition) is 3. The van der Waals surface area contributed by atoms with Crippen molar-refractivity contribution in [2.24, 2.45) is 0 Å². The Balaban J connectivity index is 2.15. The topological polar surface area (TPSA) is 75.6 Å². The van der Waals surface area contributed by atoms with Gasteiger partial charge in [0.05, 0.1) is 7.11 Å². The van der Waals surface area contributed by atoms with Crippen LogP contribution in [0.3, 0.4) is 0 Å². The molecule has 0 spiro atoms. The van der Waals surface area contributed by atoms with Crippen molar-refractivity contribution in [2.45, 2.75) is 31.7 Å². The highest BCUT2D eigenvalue weighted by Crippen LogP contribution is 2.26. The van der Waals surface area contributed by atoms with Crippen LogP contribution in [0.1, 0.15) is 30.9 Å². The molecule has 2 N–H and O–H groups in total. The van der Waals surface area contributed by atoms with Gasteiger partial charge in [-0.25, -0.2) is 9.18 Å². The van der Waals surface area contributed by atoms with Gasteiger partial charge >= 0.3 is 5.97 Å². The zero-order valence-corrected chi connectivity index (χ0v) is 14.8. The lowest BCUT2D eigenvalue weighted by Gasteiger charge is -2.30. The van der Waals surface area contributed by atoms with E-state index in [4.69, 9.17) is 4.74 Å². The van der Waals surface area contributed by atoms with Crippen molar-refractivity contribution in [3.63, 3.8) is 0 Å². The summed E-state index contributed by atoms with van der Waals surface area (Å²) in [5, 5.41) is 12.4. The third-order valence-electron chi connectivity index (χ3n) is 4.40. The number of aryl methyl sites for hydroxylation is 1. The first kappa shape index (κ1) is 19.4. The smallest absolute Gasteiger partial charge is 0.334 e. The number of carboxylic acid groups (broad SMARTS) is 1. The van der Waals surface area contributed by atoms with Gasteiger partial charge in [0.25, 0.3) is 0 Å². The van der Waals surface area contributed by atoms with E-state index in [1.54, 1.807) is 49.4 Å². The lowest BCUT2D eigenvalue weighted by atomic mass is 9.87. The summed E-state index contributed by atoms with van der Waals surface area (Å²) in [5.74, 6) is -1.99. The van der Waals surface area contributed by atoms with Crippen molar-refractivity contribution in [1.82, 2.24) is 5.32 Å².